The van der Waals surface area contributed by atoms with E-state index in [0.29, 0.717) is 17.0 Å². The van der Waals surface area contributed by atoms with Gasteiger partial charge in [-0.1, -0.05) is 18.2 Å². The first-order chi connectivity index (χ1) is 14.5. The Kier molecular flexibility index (Phi) is 6.64. The maximum atomic E-state index is 13.3. The number of benzene rings is 2. The largest absolute Gasteiger partial charge is 0.496 e. The molecule has 0 atom stereocenters. The van der Waals surface area contributed by atoms with Crippen LogP contribution in [0.3, 0.4) is 0 Å². The van der Waals surface area contributed by atoms with E-state index in [4.69, 9.17) is 4.74 Å². The molecule has 1 heterocycles. The molecule has 0 saturated heterocycles. The lowest BCUT2D eigenvalue weighted by atomic mass is 10.1. The van der Waals surface area contributed by atoms with Crippen molar-refractivity contribution < 1.29 is 19.0 Å². The van der Waals surface area contributed by atoms with Crippen molar-refractivity contribution in [3.63, 3.8) is 0 Å². The normalized spacial score (nSPS) is 10.7. The van der Waals surface area contributed by atoms with Crippen LogP contribution in [0.25, 0.3) is 5.69 Å². The third-order valence-corrected chi connectivity index (χ3v) is 4.83. The fourth-order valence-electron chi connectivity index (χ4n) is 3.26. The molecule has 0 bridgehead atoms. The summed E-state index contributed by atoms with van der Waals surface area (Å²) in [6, 6.07) is 14.4. The Labute approximate surface area is 173 Å². The second-order valence-electron chi connectivity index (χ2n) is 6.79. The summed E-state index contributed by atoms with van der Waals surface area (Å²) in [6.45, 7) is 1.66. The number of aryl methyl sites for hydroxylation is 1. The van der Waals surface area contributed by atoms with Crippen molar-refractivity contribution in [1.29, 1.82) is 0 Å². The van der Waals surface area contributed by atoms with Crippen molar-refractivity contribution in [1.82, 2.24) is 9.47 Å². The zero-order chi connectivity index (χ0) is 21.7. The van der Waals surface area contributed by atoms with Crippen molar-refractivity contribution in [3.8, 4) is 11.4 Å². The number of pyridine rings is 1. The van der Waals surface area contributed by atoms with E-state index in [0.717, 1.165) is 5.56 Å². The van der Waals surface area contributed by atoms with Crippen molar-refractivity contribution in [2.45, 2.75) is 13.5 Å². The van der Waals surface area contributed by atoms with Crippen LogP contribution in [-0.2, 0) is 6.54 Å². The first-order valence-electron chi connectivity index (χ1n) is 9.46. The maximum absolute atomic E-state index is 13.3. The number of aliphatic hydroxyl groups excluding tert-OH is 1. The molecule has 0 saturated carbocycles. The molecule has 6 nitrogen and oxygen atoms in total. The minimum Gasteiger partial charge on any atom is -0.496 e. The van der Waals surface area contributed by atoms with Gasteiger partial charge in [0, 0.05) is 30.5 Å². The van der Waals surface area contributed by atoms with Crippen LogP contribution in [0.1, 0.15) is 21.5 Å². The number of para-hydroxylation sites is 1. The zero-order valence-electron chi connectivity index (χ0n) is 16.8. The van der Waals surface area contributed by atoms with Crippen molar-refractivity contribution in [3.05, 3.63) is 93.7 Å². The van der Waals surface area contributed by atoms with E-state index in [1.807, 2.05) is 18.2 Å². The summed E-state index contributed by atoms with van der Waals surface area (Å²) in [5, 5.41) is 9.49. The lowest BCUT2D eigenvalue weighted by Gasteiger charge is -2.24. The molecule has 0 unspecified atom stereocenters. The van der Waals surface area contributed by atoms with Crippen LogP contribution in [-0.4, -0.2) is 40.7 Å². The second-order valence-corrected chi connectivity index (χ2v) is 6.79. The minimum atomic E-state index is -0.505. The number of aliphatic hydroxyl groups is 1. The molecule has 0 aliphatic heterocycles. The number of methoxy groups -OCH3 is 1. The molecule has 1 amide bonds. The molecule has 156 valence electrons. The molecule has 1 aromatic heterocycles. The van der Waals surface area contributed by atoms with Gasteiger partial charge in [-0.2, -0.15) is 0 Å². The van der Waals surface area contributed by atoms with Gasteiger partial charge in [-0.05, 0) is 48.9 Å². The number of carbonyl (C=O) groups excluding carboxylic acids is 1. The van der Waals surface area contributed by atoms with E-state index < -0.39 is 17.3 Å². The summed E-state index contributed by atoms with van der Waals surface area (Å²) in [5.74, 6) is -0.295. The number of rotatable bonds is 7. The summed E-state index contributed by atoms with van der Waals surface area (Å²) < 4.78 is 19.9. The van der Waals surface area contributed by atoms with E-state index in [1.165, 1.54) is 33.7 Å². The number of ether oxygens (including phenoxy) is 1. The van der Waals surface area contributed by atoms with E-state index in [2.05, 4.69) is 0 Å². The lowest BCUT2D eigenvalue weighted by molar-refractivity contribution is 0.0703. The van der Waals surface area contributed by atoms with Gasteiger partial charge in [0.2, 0.25) is 0 Å². The first-order valence-corrected chi connectivity index (χ1v) is 9.46. The van der Waals surface area contributed by atoms with E-state index in [9.17, 15) is 19.1 Å². The monoisotopic (exact) mass is 410 g/mol. The Hall–Kier alpha value is -3.45. The highest BCUT2D eigenvalue weighted by Crippen LogP contribution is 2.20. The number of amides is 1. The zero-order valence-corrected chi connectivity index (χ0v) is 16.8. The number of hydrogen-bond acceptors (Lipinski definition) is 4. The van der Waals surface area contributed by atoms with Crippen LogP contribution in [0.15, 0.2) is 65.6 Å². The number of carbonyl (C=O) groups is 1. The summed E-state index contributed by atoms with van der Waals surface area (Å²) in [6.07, 6.45) is 1.55. The number of nitrogens with zero attached hydrogens (tertiary/aromatic N) is 2. The highest BCUT2D eigenvalue weighted by atomic mass is 19.1. The summed E-state index contributed by atoms with van der Waals surface area (Å²) in [4.78, 5) is 27.9. The van der Waals surface area contributed by atoms with Crippen LogP contribution >= 0.6 is 0 Å². The van der Waals surface area contributed by atoms with Gasteiger partial charge in [0.15, 0.2) is 0 Å². The molecule has 0 aliphatic carbocycles. The highest BCUT2D eigenvalue weighted by Gasteiger charge is 2.23. The Morgan fingerprint density at radius 1 is 1.13 bits per heavy atom. The lowest BCUT2D eigenvalue weighted by Crippen LogP contribution is -2.38. The topological polar surface area (TPSA) is 71.8 Å². The average Bonchev–Trinajstić information content (AvgIpc) is 2.74. The highest BCUT2D eigenvalue weighted by molar-refractivity contribution is 5.95. The molecular weight excluding hydrogens is 387 g/mol. The van der Waals surface area contributed by atoms with Crippen LogP contribution in [0, 0.1) is 12.7 Å². The first kappa shape index (κ1) is 21.3. The van der Waals surface area contributed by atoms with Gasteiger partial charge in [0.25, 0.3) is 11.5 Å². The van der Waals surface area contributed by atoms with E-state index in [1.54, 1.807) is 32.4 Å². The summed E-state index contributed by atoms with van der Waals surface area (Å²) in [7, 11) is 1.54. The Morgan fingerprint density at radius 2 is 1.83 bits per heavy atom. The summed E-state index contributed by atoms with van der Waals surface area (Å²) in [5.41, 5.74) is 1.23. The molecule has 0 radical (unpaired) electrons. The number of halogens is 1. The van der Waals surface area contributed by atoms with Gasteiger partial charge in [-0.25, -0.2) is 4.39 Å². The molecule has 3 rings (SSSR count). The molecule has 0 aliphatic rings. The van der Waals surface area contributed by atoms with Gasteiger partial charge in [-0.3, -0.25) is 14.2 Å². The summed E-state index contributed by atoms with van der Waals surface area (Å²) >= 11 is 0. The molecule has 7 heteroatoms. The van der Waals surface area contributed by atoms with Crippen LogP contribution in [0.5, 0.6) is 5.75 Å². The van der Waals surface area contributed by atoms with Crippen LogP contribution in [0.4, 0.5) is 4.39 Å². The smallest absolute Gasteiger partial charge is 0.268 e. The van der Waals surface area contributed by atoms with Crippen LogP contribution in [0.2, 0.25) is 0 Å². The molecule has 0 spiro atoms. The van der Waals surface area contributed by atoms with Crippen LogP contribution < -0.4 is 10.3 Å². The van der Waals surface area contributed by atoms with Crippen molar-refractivity contribution in [2.24, 2.45) is 0 Å². The van der Waals surface area contributed by atoms with E-state index in [-0.39, 0.29) is 25.3 Å². The predicted molar refractivity (Wildman–Crippen MR) is 112 cm³/mol. The van der Waals surface area contributed by atoms with Crippen molar-refractivity contribution in [2.75, 3.05) is 20.3 Å². The van der Waals surface area contributed by atoms with Gasteiger partial charge >= 0.3 is 0 Å². The molecule has 0 fully saturated rings. The maximum Gasteiger partial charge on any atom is 0.268 e. The van der Waals surface area contributed by atoms with Gasteiger partial charge in [-0.15, -0.1) is 0 Å². The van der Waals surface area contributed by atoms with Crippen molar-refractivity contribution >= 4 is 5.91 Å². The van der Waals surface area contributed by atoms with Gasteiger partial charge in [0.1, 0.15) is 17.1 Å². The molecule has 2 aromatic carbocycles. The molecular formula is C23H23FN2O4. The fraction of sp³-hybridized carbons (Fsp3) is 0.217. The second kappa shape index (κ2) is 9.37. The quantitative estimate of drug-likeness (QED) is 0.650. The SMILES string of the molecule is COc1ccccc1CN(CCO)C(=O)c1c(C)ccn(-c2ccc(F)cc2)c1=O. The molecule has 1 N–H and O–H groups in total. The Morgan fingerprint density at radius 3 is 2.50 bits per heavy atom. The minimum absolute atomic E-state index is 0.00479. The van der Waals surface area contributed by atoms with Gasteiger partial charge < -0.3 is 14.7 Å². The predicted octanol–water partition coefficient (Wildman–Crippen LogP) is 2.93. The molecule has 3 aromatic rings. The van der Waals surface area contributed by atoms with E-state index >= 15 is 0 Å². The Bertz CT molecular complexity index is 1090. The Balaban J connectivity index is 2.01. The molecule has 30 heavy (non-hydrogen) atoms. The van der Waals surface area contributed by atoms with Gasteiger partial charge in [0.05, 0.1) is 13.7 Å². The number of aromatic nitrogens is 1. The standard InChI is InChI=1S/C23H23FN2O4/c1-16-11-12-26(19-9-7-18(24)8-10-19)23(29)21(16)22(28)25(13-14-27)15-17-5-3-4-6-20(17)30-2/h3-12,27H,13-15H2,1-2H3. The fourth-order valence-corrected chi connectivity index (χ4v) is 3.26. The third-order valence-electron chi connectivity index (χ3n) is 4.83. The number of hydrogen-bond donors (Lipinski definition) is 1. The third kappa shape index (κ3) is 4.41. The average molecular weight is 410 g/mol.